The van der Waals surface area contributed by atoms with Crippen LogP contribution in [0.4, 0.5) is 0 Å². The van der Waals surface area contributed by atoms with Gasteiger partial charge in [0.1, 0.15) is 0 Å². The van der Waals surface area contributed by atoms with Crippen LogP contribution in [0, 0.1) is 12.3 Å². The minimum absolute atomic E-state index is 0.324. The number of terminal acetylenes is 1. The molecule has 64 valence electrons. The van der Waals surface area contributed by atoms with Crippen LogP contribution in [0.2, 0.25) is 0 Å². The van der Waals surface area contributed by atoms with E-state index in [1.807, 2.05) is 13.8 Å². The van der Waals surface area contributed by atoms with Crippen LogP contribution < -0.4 is 5.32 Å². The third-order valence-electron chi connectivity index (χ3n) is 1.18. The fourth-order valence-electron chi connectivity index (χ4n) is 0.652. The van der Waals surface area contributed by atoms with Crippen LogP contribution in [0.15, 0.2) is 0 Å². The molecule has 0 aromatic carbocycles. The van der Waals surface area contributed by atoms with Gasteiger partial charge in [0.2, 0.25) is 0 Å². The van der Waals surface area contributed by atoms with E-state index in [9.17, 15) is 0 Å². The normalized spacial score (nSPS) is 10.0. The Morgan fingerprint density at radius 1 is 1.45 bits per heavy atom. The molecule has 0 spiro atoms. The topological polar surface area (TPSA) is 21.3 Å². The molecule has 0 heterocycles. The van der Waals surface area contributed by atoms with Crippen LogP contribution >= 0.6 is 0 Å². The molecule has 2 heteroatoms. The summed E-state index contributed by atoms with van der Waals surface area (Å²) in [4.78, 5) is 0. The zero-order valence-electron chi connectivity index (χ0n) is 7.39. The summed E-state index contributed by atoms with van der Waals surface area (Å²) in [5, 5.41) is 3.17. The summed E-state index contributed by atoms with van der Waals surface area (Å²) in [5.74, 6) is 2.56. The second kappa shape index (κ2) is 7.59. The lowest BCUT2D eigenvalue weighted by molar-refractivity contribution is 0.0810. The molecular formula is C9H17NO. The van der Waals surface area contributed by atoms with Gasteiger partial charge in [-0.25, -0.2) is 0 Å². The van der Waals surface area contributed by atoms with Crippen molar-refractivity contribution in [2.24, 2.45) is 0 Å². The first-order valence-corrected chi connectivity index (χ1v) is 4.03. The maximum absolute atomic E-state index is 5.31. The molecule has 0 bridgehead atoms. The predicted molar refractivity (Wildman–Crippen MR) is 47.4 cm³/mol. The highest BCUT2D eigenvalue weighted by atomic mass is 16.5. The highest BCUT2D eigenvalue weighted by Gasteiger charge is 1.90. The molecule has 2 nitrogen and oxygen atoms in total. The maximum Gasteiger partial charge on any atom is 0.0594 e. The molecule has 11 heavy (non-hydrogen) atoms. The summed E-state index contributed by atoms with van der Waals surface area (Å²) in [5.41, 5.74) is 0. The Labute approximate surface area is 69.3 Å². The summed E-state index contributed by atoms with van der Waals surface area (Å²) in [7, 11) is 0. The SMILES string of the molecule is C#CCCNCCOC(C)C. The van der Waals surface area contributed by atoms with Gasteiger partial charge in [-0.1, -0.05) is 0 Å². The monoisotopic (exact) mass is 155 g/mol. The quantitative estimate of drug-likeness (QED) is 0.457. The van der Waals surface area contributed by atoms with Crippen LogP contribution in [-0.4, -0.2) is 25.8 Å². The molecular weight excluding hydrogens is 138 g/mol. The minimum Gasteiger partial charge on any atom is -0.377 e. The first-order chi connectivity index (χ1) is 5.27. The van der Waals surface area contributed by atoms with E-state index in [-0.39, 0.29) is 0 Å². The molecule has 1 N–H and O–H groups in total. The van der Waals surface area contributed by atoms with Gasteiger partial charge >= 0.3 is 0 Å². The Hall–Kier alpha value is -0.520. The molecule has 0 amide bonds. The fourth-order valence-corrected chi connectivity index (χ4v) is 0.652. The van der Waals surface area contributed by atoms with Gasteiger partial charge in [0.05, 0.1) is 12.7 Å². The zero-order valence-corrected chi connectivity index (χ0v) is 7.39. The van der Waals surface area contributed by atoms with E-state index in [0.717, 1.165) is 26.1 Å². The van der Waals surface area contributed by atoms with Crippen molar-refractivity contribution in [1.82, 2.24) is 5.32 Å². The maximum atomic E-state index is 5.31. The average Bonchev–Trinajstić information content (AvgIpc) is 1.96. The molecule has 0 saturated heterocycles. The van der Waals surface area contributed by atoms with Gasteiger partial charge in [0.15, 0.2) is 0 Å². The van der Waals surface area contributed by atoms with Gasteiger partial charge in [-0.15, -0.1) is 12.3 Å². The van der Waals surface area contributed by atoms with E-state index >= 15 is 0 Å². The second-order valence-corrected chi connectivity index (χ2v) is 2.62. The first-order valence-electron chi connectivity index (χ1n) is 4.03. The van der Waals surface area contributed by atoms with Crippen molar-refractivity contribution in [2.75, 3.05) is 19.7 Å². The molecule has 0 atom stereocenters. The van der Waals surface area contributed by atoms with Crippen LogP contribution in [0.1, 0.15) is 20.3 Å². The lowest BCUT2D eigenvalue weighted by Gasteiger charge is -2.07. The molecule has 0 fully saturated rings. The number of hydrogen-bond acceptors (Lipinski definition) is 2. The van der Waals surface area contributed by atoms with Crippen molar-refractivity contribution < 1.29 is 4.74 Å². The van der Waals surface area contributed by atoms with Crippen molar-refractivity contribution in [3.05, 3.63) is 0 Å². The van der Waals surface area contributed by atoms with E-state index in [2.05, 4.69) is 11.2 Å². The van der Waals surface area contributed by atoms with Gasteiger partial charge in [0, 0.05) is 19.5 Å². The van der Waals surface area contributed by atoms with Crippen LogP contribution in [0.5, 0.6) is 0 Å². The Kier molecular flexibility index (Phi) is 7.23. The van der Waals surface area contributed by atoms with Crippen molar-refractivity contribution >= 4 is 0 Å². The van der Waals surface area contributed by atoms with Gasteiger partial charge < -0.3 is 10.1 Å². The van der Waals surface area contributed by atoms with E-state index in [4.69, 9.17) is 11.2 Å². The molecule has 0 aromatic heterocycles. The van der Waals surface area contributed by atoms with Gasteiger partial charge in [0.25, 0.3) is 0 Å². The van der Waals surface area contributed by atoms with Crippen molar-refractivity contribution in [2.45, 2.75) is 26.4 Å². The smallest absolute Gasteiger partial charge is 0.0594 e. The van der Waals surface area contributed by atoms with Gasteiger partial charge in [-0.2, -0.15) is 0 Å². The Morgan fingerprint density at radius 3 is 2.73 bits per heavy atom. The average molecular weight is 155 g/mol. The van der Waals surface area contributed by atoms with Gasteiger partial charge in [-0.05, 0) is 13.8 Å². The van der Waals surface area contributed by atoms with Crippen LogP contribution in [-0.2, 0) is 4.74 Å². The highest BCUT2D eigenvalue weighted by Crippen LogP contribution is 1.84. The number of rotatable bonds is 6. The highest BCUT2D eigenvalue weighted by molar-refractivity contribution is 4.83. The van der Waals surface area contributed by atoms with E-state index < -0.39 is 0 Å². The first kappa shape index (κ1) is 10.5. The van der Waals surface area contributed by atoms with Crippen molar-refractivity contribution in [1.29, 1.82) is 0 Å². The zero-order chi connectivity index (χ0) is 8.53. The summed E-state index contributed by atoms with van der Waals surface area (Å²) in [6.45, 7) is 6.60. The summed E-state index contributed by atoms with van der Waals surface area (Å²) in [6, 6.07) is 0. The standard InChI is InChI=1S/C9H17NO/c1-4-5-6-10-7-8-11-9(2)3/h1,9-10H,5-8H2,2-3H3. The largest absolute Gasteiger partial charge is 0.377 e. The van der Waals surface area contributed by atoms with E-state index in [1.165, 1.54) is 0 Å². The van der Waals surface area contributed by atoms with Crippen molar-refractivity contribution in [3.8, 4) is 12.3 Å². The molecule has 0 aliphatic carbocycles. The second-order valence-electron chi connectivity index (χ2n) is 2.62. The Bertz CT molecular complexity index is 115. The number of ether oxygens (including phenoxy) is 1. The predicted octanol–water partition coefficient (Wildman–Crippen LogP) is 1.02. The lowest BCUT2D eigenvalue weighted by atomic mass is 10.4. The lowest BCUT2D eigenvalue weighted by Crippen LogP contribution is -2.22. The minimum atomic E-state index is 0.324. The summed E-state index contributed by atoms with van der Waals surface area (Å²) >= 11 is 0. The Morgan fingerprint density at radius 2 is 2.18 bits per heavy atom. The Balaban J connectivity index is 2.86. The molecule has 0 aliphatic heterocycles. The third kappa shape index (κ3) is 9.48. The number of nitrogens with one attached hydrogen (secondary N) is 1. The summed E-state index contributed by atoms with van der Waals surface area (Å²) in [6.07, 6.45) is 6.19. The van der Waals surface area contributed by atoms with Crippen LogP contribution in [0.3, 0.4) is 0 Å². The molecule has 0 saturated carbocycles. The molecule has 0 aliphatic rings. The number of hydrogen-bond donors (Lipinski definition) is 1. The summed E-state index contributed by atoms with van der Waals surface area (Å²) < 4.78 is 5.31. The van der Waals surface area contributed by atoms with Gasteiger partial charge in [-0.3, -0.25) is 0 Å². The molecule has 0 rings (SSSR count). The fraction of sp³-hybridized carbons (Fsp3) is 0.778. The molecule has 0 radical (unpaired) electrons. The van der Waals surface area contributed by atoms with E-state index in [0.29, 0.717) is 6.10 Å². The van der Waals surface area contributed by atoms with Crippen LogP contribution in [0.25, 0.3) is 0 Å². The molecule has 0 aromatic rings. The molecule has 0 unspecified atom stereocenters. The van der Waals surface area contributed by atoms with Crippen molar-refractivity contribution in [3.63, 3.8) is 0 Å². The van der Waals surface area contributed by atoms with E-state index in [1.54, 1.807) is 0 Å². The third-order valence-corrected chi connectivity index (χ3v) is 1.18.